The van der Waals surface area contributed by atoms with Gasteiger partial charge in [0.15, 0.2) is 0 Å². The standard InChI is InChI=1S/C12H18N2O3/c1-9-5-13-12(16)11(8-15)14(6-9)7-10-3-2-4-17-10/h2-4,9,11,15H,5-8H2,1H3,(H,13,16). The predicted molar refractivity (Wildman–Crippen MR) is 62.2 cm³/mol. The van der Waals surface area contributed by atoms with Gasteiger partial charge in [-0.15, -0.1) is 0 Å². The molecule has 5 nitrogen and oxygen atoms in total. The molecule has 2 N–H and O–H groups in total. The van der Waals surface area contributed by atoms with Crippen molar-refractivity contribution in [1.29, 1.82) is 0 Å². The lowest BCUT2D eigenvalue weighted by Crippen LogP contribution is -2.46. The fourth-order valence-electron chi connectivity index (χ4n) is 2.13. The van der Waals surface area contributed by atoms with Crippen molar-refractivity contribution in [2.45, 2.75) is 19.5 Å². The van der Waals surface area contributed by atoms with Crippen LogP contribution in [0.25, 0.3) is 0 Å². The summed E-state index contributed by atoms with van der Waals surface area (Å²) in [5, 5.41) is 12.2. The quantitative estimate of drug-likeness (QED) is 0.790. The fraction of sp³-hybridized carbons (Fsp3) is 0.583. The number of nitrogens with zero attached hydrogens (tertiary/aromatic N) is 1. The minimum Gasteiger partial charge on any atom is -0.468 e. The number of hydrogen-bond donors (Lipinski definition) is 2. The average molecular weight is 238 g/mol. The van der Waals surface area contributed by atoms with Crippen molar-refractivity contribution in [2.24, 2.45) is 5.92 Å². The molecule has 1 fully saturated rings. The molecule has 1 aromatic heterocycles. The Balaban J connectivity index is 2.11. The lowest BCUT2D eigenvalue weighted by Gasteiger charge is -2.26. The van der Waals surface area contributed by atoms with Crippen LogP contribution >= 0.6 is 0 Å². The first-order valence-corrected chi connectivity index (χ1v) is 5.85. The average Bonchev–Trinajstić information content (AvgIpc) is 2.75. The Morgan fingerprint density at radius 3 is 3.12 bits per heavy atom. The number of aliphatic hydroxyl groups excluding tert-OH is 1. The van der Waals surface area contributed by atoms with Crippen molar-refractivity contribution in [2.75, 3.05) is 19.7 Å². The molecule has 1 amide bonds. The molecule has 2 unspecified atom stereocenters. The van der Waals surface area contributed by atoms with E-state index >= 15 is 0 Å². The lowest BCUT2D eigenvalue weighted by molar-refractivity contribution is -0.127. The monoisotopic (exact) mass is 238 g/mol. The molecule has 1 aliphatic rings. The highest BCUT2D eigenvalue weighted by molar-refractivity contribution is 5.82. The van der Waals surface area contributed by atoms with Crippen LogP contribution in [-0.2, 0) is 11.3 Å². The van der Waals surface area contributed by atoms with Crippen LogP contribution in [0, 0.1) is 5.92 Å². The fourth-order valence-corrected chi connectivity index (χ4v) is 2.13. The van der Waals surface area contributed by atoms with Crippen LogP contribution in [0.15, 0.2) is 22.8 Å². The van der Waals surface area contributed by atoms with Crippen LogP contribution in [0.2, 0.25) is 0 Å². The van der Waals surface area contributed by atoms with E-state index in [4.69, 9.17) is 4.42 Å². The van der Waals surface area contributed by atoms with Gasteiger partial charge in [-0.05, 0) is 18.1 Å². The van der Waals surface area contributed by atoms with E-state index in [1.54, 1.807) is 6.26 Å². The van der Waals surface area contributed by atoms with Gasteiger partial charge in [-0.1, -0.05) is 6.92 Å². The summed E-state index contributed by atoms with van der Waals surface area (Å²) in [6, 6.07) is 3.22. The van der Waals surface area contributed by atoms with Gasteiger partial charge in [-0.3, -0.25) is 9.69 Å². The highest BCUT2D eigenvalue weighted by Crippen LogP contribution is 2.14. The molecule has 0 aromatic carbocycles. The first-order valence-electron chi connectivity index (χ1n) is 5.85. The van der Waals surface area contributed by atoms with Crippen LogP contribution in [0.1, 0.15) is 12.7 Å². The van der Waals surface area contributed by atoms with Gasteiger partial charge in [0.1, 0.15) is 11.8 Å². The molecule has 1 aliphatic heterocycles. The van der Waals surface area contributed by atoms with E-state index in [0.717, 1.165) is 12.3 Å². The van der Waals surface area contributed by atoms with Crippen LogP contribution in [0.5, 0.6) is 0 Å². The molecule has 0 aliphatic carbocycles. The minimum atomic E-state index is -0.481. The topological polar surface area (TPSA) is 65.7 Å². The van der Waals surface area contributed by atoms with Crippen molar-refractivity contribution in [3.63, 3.8) is 0 Å². The maximum absolute atomic E-state index is 11.8. The predicted octanol–water partition coefficient (Wildman–Crippen LogP) is 0.208. The molecule has 0 spiro atoms. The summed E-state index contributed by atoms with van der Waals surface area (Å²) in [5.41, 5.74) is 0. The van der Waals surface area contributed by atoms with Crippen molar-refractivity contribution in [3.8, 4) is 0 Å². The Bertz CT molecular complexity index is 364. The zero-order valence-electron chi connectivity index (χ0n) is 9.93. The molecule has 17 heavy (non-hydrogen) atoms. The second-order valence-electron chi connectivity index (χ2n) is 4.56. The van der Waals surface area contributed by atoms with Gasteiger partial charge < -0.3 is 14.8 Å². The molecule has 1 saturated heterocycles. The Morgan fingerprint density at radius 1 is 1.65 bits per heavy atom. The third-order valence-electron chi connectivity index (χ3n) is 3.03. The van der Waals surface area contributed by atoms with E-state index in [1.807, 2.05) is 17.0 Å². The maximum Gasteiger partial charge on any atom is 0.239 e. The summed E-state index contributed by atoms with van der Waals surface area (Å²) >= 11 is 0. The van der Waals surface area contributed by atoms with Gasteiger partial charge in [0.25, 0.3) is 0 Å². The number of rotatable bonds is 3. The molecule has 0 radical (unpaired) electrons. The minimum absolute atomic E-state index is 0.108. The number of carbonyl (C=O) groups excluding carboxylic acids is 1. The summed E-state index contributed by atoms with van der Waals surface area (Å²) in [7, 11) is 0. The summed E-state index contributed by atoms with van der Waals surface area (Å²) < 4.78 is 5.29. The first kappa shape index (κ1) is 12.1. The molecule has 94 valence electrons. The number of carbonyl (C=O) groups is 1. The lowest BCUT2D eigenvalue weighted by atomic mass is 10.1. The van der Waals surface area contributed by atoms with E-state index in [1.165, 1.54) is 0 Å². The van der Waals surface area contributed by atoms with E-state index in [2.05, 4.69) is 12.2 Å². The Kier molecular flexibility index (Phi) is 3.81. The molecule has 2 heterocycles. The van der Waals surface area contributed by atoms with Crippen molar-refractivity contribution in [1.82, 2.24) is 10.2 Å². The van der Waals surface area contributed by atoms with Gasteiger partial charge in [0, 0.05) is 13.1 Å². The highest BCUT2D eigenvalue weighted by atomic mass is 16.3. The van der Waals surface area contributed by atoms with Crippen molar-refractivity contribution >= 4 is 5.91 Å². The van der Waals surface area contributed by atoms with E-state index in [0.29, 0.717) is 19.0 Å². The van der Waals surface area contributed by atoms with E-state index in [-0.39, 0.29) is 12.5 Å². The Morgan fingerprint density at radius 2 is 2.47 bits per heavy atom. The largest absolute Gasteiger partial charge is 0.468 e. The van der Waals surface area contributed by atoms with E-state index < -0.39 is 6.04 Å². The summed E-state index contributed by atoms with van der Waals surface area (Å²) in [5.74, 6) is 1.07. The van der Waals surface area contributed by atoms with Gasteiger partial charge >= 0.3 is 0 Å². The number of hydrogen-bond acceptors (Lipinski definition) is 4. The summed E-state index contributed by atoms with van der Waals surface area (Å²) in [6.07, 6.45) is 1.62. The van der Waals surface area contributed by atoms with Crippen molar-refractivity contribution in [3.05, 3.63) is 24.2 Å². The smallest absolute Gasteiger partial charge is 0.239 e. The van der Waals surface area contributed by atoms with Crippen LogP contribution < -0.4 is 5.32 Å². The first-order chi connectivity index (χ1) is 8.20. The van der Waals surface area contributed by atoms with Crippen LogP contribution in [0.4, 0.5) is 0 Å². The Labute approximate surface area is 100 Å². The molecule has 2 rings (SSSR count). The molecular weight excluding hydrogens is 220 g/mol. The van der Waals surface area contributed by atoms with Crippen molar-refractivity contribution < 1.29 is 14.3 Å². The number of aliphatic hydroxyl groups is 1. The molecular formula is C12H18N2O3. The number of nitrogens with one attached hydrogen (secondary N) is 1. The molecule has 0 bridgehead atoms. The summed E-state index contributed by atoms with van der Waals surface area (Å²) in [4.78, 5) is 13.8. The summed E-state index contributed by atoms with van der Waals surface area (Å²) in [6.45, 7) is 3.89. The zero-order chi connectivity index (χ0) is 12.3. The number of furan rings is 1. The van der Waals surface area contributed by atoms with Gasteiger partial charge in [0.2, 0.25) is 5.91 Å². The van der Waals surface area contributed by atoms with Gasteiger partial charge in [0.05, 0.1) is 19.4 Å². The highest BCUT2D eigenvalue weighted by Gasteiger charge is 2.30. The third-order valence-corrected chi connectivity index (χ3v) is 3.03. The van der Waals surface area contributed by atoms with Crippen LogP contribution in [0.3, 0.4) is 0 Å². The zero-order valence-corrected chi connectivity index (χ0v) is 9.93. The SMILES string of the molecule is CC1CNC(=O)C(CO)N(Cc2ccco2)C1. The van der Waals surface area contributed by atoms with Gasteiger partial charge in [-0.25, -0.2) is 0 Å². The van der Waals surface area contributed by atoms with Gasteiger partial charge in [-0.2, -0.15) is 0 Å². The Hall–Kier alpha value is -1.33. The third kappa shape index (κ3) is 2.87. The van der Waals surface area contributed by atoms with E-state index in [9.17, 15) is 9.90 Å². The molecule has 0 saturated carbocycles. The molecule has 5 heteroatoms. The maximum atomic E-state index is 11.8. The molecule has 2 atom stereocenters. The molecule has 1 aromatic rings. The van der Waals surface area contributed by atoms with Crippen LogP contribution in [-0.4, -0.2) is 41.7 Å². The second-order valence-corrected chi connectivity index (χ2v) is 4.56. The number of amides is 1. The second kappa shape index (κ2) is 5.33. The normalized spacial score (nSPS) is 26.6.